The lowest BCUT2D eigenvalue weighted by Crippen LogP contribution is -2.28. The van der Waals surface area contributed by atoms with Crippen molar-refractivity contribution >= 4 is 34.3 Å². The first-order valence-corrected chi connectivity index (χ1v) is 7.43. The third-order valence-corrected chi connectivity index (χ3v) is 3.95. The average Bonchev–Trinajstić information content (AvgIpc) is 2.59. The lowest BCUT2D eigenvalue weighted by atomic mass is 10.1. The van der Waals surface area contributed by atoms with Gasteiger partial charge in [-0.1, -0.05) is 30.9 Å². The zero-order valence-corrected chi connectivity index (χ0v) is 13.2. The summed E-state index contributed by atoms with van der Waals surface area (Å²) in [5.74, 6) is -0.466. The highest BCUT2D eigenvalue weighted by molar-refractivity contribution is 6.06. The van der Waals surface area contributed by atoms with Gasteiger partial charge in [0.05, 0.1) is 5.52 Å². The van der Waals surface area contributed by atoms with Crippen molar-refractivity contribution < 1.29 is 4.79 Å². The van der Waals surface area contributed by atoms with E-state index in [1.54, 1.807) is 49.5 Å². The first-order valence-electron chi connectivity index (χ1n) is 7.43. The van der Waals surface area contributed by atoms with E-state index in [9.17, 15) is 9.59 Å². The second-order valence-corrected chi connectivity index (χ2v) is 5.48. The highest BCUT2D eigenvalue weighted by Crippen LogP contribution is 2.20. The SMILES string of the molecule is C=Cc1ccc(NC(=O)c2cc3c(N)cccc3n(C)c2=O)cc1. The second kappa shape index (κ2) is 6.04. The molecule has 120 valence electrons. The van der Waals surface area contributed by atoms with E-state index in [1.165, 1.54) is 4.57 Å². The Hall–Kier alpha value is -3.34. The van der Waals surface area contributed by atoms with Crippen LogP contribution in [-0.2, 0) is 7.05 Å². The quantitative estimate of drug-likeness (QED) is 0.729. The molecular formula is C19H17N3O2. The Morgan fingerprint density at radius 1 is 1.21 bits per heavy atom. The zero-order valence-electron chi connectivity index (χ0n) is 13.2. The molecular weight excluding hydrogens is 302 g/mol. The van der Waals surface area contributed by atoms with Crippen LogP contribution in [0.4, 0.5) is 11.4 Å². The molecule has 0 aliphatic rings. The topological polar surface area (TPSA) is 77.1 Å². The third-order valence-electron chi connectivity index (χ3n) is 3.95. The molecule has 5 heteroatoms. The van der Waals surface area contributed by atoms with E-state index in [0.717, 1.165) is 5.56 Å². The number of hydrogen-bond donors (Lipinski definition) is 2. The molecule has 0 aliphatic heterocycles. The average molecular weight is 319 g/mol. The van der Waals surface area contributed by atoms with Gasteiger partial charge in [-0.3, -0.25) is 9.59 Å². The Bertz CT molecular complexity index is 1000. The van der Waals surface area contributed by atoms with Gasteiger partial charge in [0.1, 0.15) is 5.56 Å². The van der Waals surface area contributed by atoms with Crippen LogP contribution in [-0.4, -0.2) is 10.5 Å². The summed E-state index contributed by atoms with van der Waals surface area (Å²) in [6, 6.07) is 14.0. The van der Waals surface area contributed by atoms with E-state index in [4.69, 9.17) is 5.73 Å². The minimum Gasteiger partial charge on any atom is -0.398 e. The van der Waals surface area contributed by atoms with Crippen molar-refractivity contribution in [3.05, 3.63) is 76.6 Å². The molecule has 1 aromatic heterocycles. The van der Waals surface area contributed by atoms with Gasteiger partial charge in [0, 0.05) is 23.8 Å². The van der Waals surface area contributed by atoms with Crippen molar-refractivity contribution in [1.29, 1.82) is 0 Å². The van der Waals surface area contributed by atoms with Gasteiger partial charge in [-0.25, -0.2) is 0 Å². The first kappa shape index (κ1) is 15.6. The number of amides is 1. The van der Waals surface area contributed by atoms with Crippen LogP contribution in [0.15, 0.2) is 59.9 Å². The number of nitrogens with one attached hydrogen (secondary N) is 1. The Morgan fingerprint density at radius 2 is 1.92 bits per heavy atom. The van der Waals surface area contributed by atoms with Crippen LogP contribution in [0.3, 0.4) is 0 Å². The molecule has 0 saturated carbocycles. The van der Waals surface area contributed by atoms with Crippen LogP contribution in [0.25, 0.3) is 17.0 Å². The third kappa shape index (κ3) is 2.67. The molecule has 2 aromatic carbocycles. The molecule has 1 heterocycles. The second-order valence-electron chi connectivity index (χ2n) is 5.48. The van der Waals surface area contributed by atoms with Crippen LogP contribution < -0.4 is 16.6 Å². The summed E-state index contributed by atoms with van der Waals surface area (Å²) in [4.78, 5) is 25.0. The zero-order chi connectivity index (χ0) is 17.3. The van der Waals surface area contributed by atoms with Crippen LogP contribution in [0.5, 0.6) is 0 Å². The standard InChI is InChI=1S/C19H17N3O2/c1-3-12-7-9-13(10-8-12)21-18(23)15-11-14-16(20)5-4-6-17(14)22(2)19(15)24/h3-11H,1,20H2,2H3,(H,21,23). The van der Waals surface area contributed by atoms with Gasteiger partial charge in [0.2, 0.25) is 0 Å². The van der Waals surface area contributed by atoms with Crippen molar-refractivity contribution in [2.24, 2.45) is 7.05 Å². The molecule has 0 aliphatic carbocycles. The van der Waals surface area contributed by atoms with Crippen molar-refractivity contribution in [3.8, 4) is 0 Å². The lowest BCUT2D eigenvalue weighted by Gasteiger charge is -2.11. The summed E-state index contributed by atoms with van der Waals surface area (Å²) < 4.78 is 1.43. The molecule has 5 nitrogen and oxygen atoms in total. The summed E-state index contributed by atoms with van der Waals surface area (Å²) in [6.07, 6.45) is 1.72. The minimum absolute atomic E-state index is 0.0516. The number of rotatable bonds is 3. The summed E-state index contributed by atoms with van der Waals surface area (Å²) in [7, 11) is 1.62. The molecule has 0 fully saturated rings. The predicted molar refractivity (Wildman–Crippen MR) is 98.1 cm³/mol. The van der Waals surface area contributed by atoms with Crippen LogP contribution in [0.1, 0.15) is 15.9 Å². The Balaban J connectivity index is 2.03. The number of aryl methyl sites for hydroxylation is 1. The van der Waals surface area contributed by atoms with Gasteiger partial charge < -0.3 is 15.6 Å². The molecule has 3 rings (SSSR count). The number of pyridine rings is 1. The maximum atomic E-state index is 12.5. The van der Waals surface area contributed by atoms with Crippen molar-refractivity contribution in [2.75, 3.05) is 11.1 Å². The molecule has 0 radical (unpaired) electrons. The molecule has 24 heavy (non-hydrogen) atoms. The fraction of sp³-hybridized carbons (Fsp3) is 0.0526. The van der Waals surface area contributed by atoms with Gasteiger partial charge in [0.25, 0.3) is 11.5 Å². The highest BCUT2D eigenvalue weighted by atomic mass is 16.2. The molecule has 3 N–H and O–H groups in total. The van der Waals surface area contributed by atoms with E-state index >= 15 is 0 Å². The normalized spacial score (nSPS) is 10.5. The fourth-order valence-corrected chi connectivity index (χ4v) is 2.58. The van der Waals surface area contributed by atoms with Crippen LogP contribution in [0.2, 0.25) is 0 Å². The predicted octanol–water partition coefficient (Wildman–Crippen LogP) is 3.02. The fourth-order valence-electron chi connectivity index (χ4n) is 2.58. The number of hydrogen-bond acceptors (Lipinski definition) is 3. The number of benzene rings is 2. The molecule has 0 atom stereocenters. The monoisotopic (exact) mass is 319 g/mol. The number of anilines is 2. The maximum Gasteiger partial charge on any atom is 0.263 e. The maximum absolute atomic E-state index is 12.5. The van der Waals surface area contributed by atoms with Crippen LogP contribution in [0, 0.1) is 0 Å². The van der Waals surface area contributed by atoms with Crippen molar-refractivity contribution in [1.82, 2.24) is 4.57 Å². The van der Waals surface area contributed by atoms with E-state index in [2.05, 4.69) is 11.9 Å². The molecule has 0 unspecified atom stereocenters. The van der Waals surface area contributed by atoms with Gasteiger partial charge in [-0.2, -0.15) is 0 Å². The number of carbonyl (C=O) groups excluding carboxylic acids is 1. The number of nitrogen functional groups attached to an aromatic ring is 1. The lowest BCUT2D eigenvalue weighted by molar-refractivity contribution is 0.102. The largest absolute Gasteiger partial charge is 0.398 e. The van der Waals surface area contributed by atoms with E-state index in [-0.39, 0.29) is 11.1 Å². The van der Waals surface area contributed by atoms with Gasteiger partial charge >= 0.3 is 0 Å². The smallest absolute Gasteiger partial charge is 0.263 e. The molecule has 0 bridgehead atoms. The summed E-state index contributed by atoms with van der Waals surface area (Å²) in [6.45, 7) is 3.68. The summed E-state index contributed by atoms with van der Waals surface area (Å²) >= 11 is 0. The Labute approximate surface area is 139 Å². The van der Waals surface area contributed by atoms with Crippen molar-refractivity contribution in [2.45, 2.75) is 0 Å². The van der Waals surface area contributed by atoms with E-state index in [1.807, 2.05) is 12.1 Å². The number of nitrogens with two attached hydrogens (primary N) is 1. The Morgan fingerprint density at radius 3 is 2.58 bits per heavy atom. The summed E-state index contributed by atoms with van der Waals surface area (Å²) in [5, 5.41) is 3.41. The van der Waals surface area contributed by atoms with Gasteiger partial charge in [-0.15, -0.1) is 0 Å². The van der Waals surface area contributed by atoms with Crippen molar-refractivity contribution in [3.63, 3.8) is 0 Å². The van der Waals surface area contributed by atoms with E-state index in [0.29, 0.717) is 22.3 Å². The first-order chi connectivity index (χ1) is 11.5. The Kier molecular flexibility index (Phi) is 3.92. The molecule has 1 amide bonds. The van der Waals surface area contributed by atoms with Crippen LogP contribution >= 0.6 is 0 Å². The number of nitrogens with zero attached hydrogens (tertiary/aromatic N) is 1. The number of carbonyl (C=O) groups is 1. The summed E-state index contributed by atoms with van der Waals surface area (Å²) in [5.41, 5.74) is 8.42. The molecule has 0 spiro atoms. The van der Waals surface area contributed by atoms with Gasteiger partial charge in [0.15, 0.2) is 0 Å². The highest BCUT2D eigenvalue weighted by Gasteiger charge is 2.15. The molecule has 3 aromatic rings. The van der Waals surface area contributed by atoms with Gasteiger partial charge in [-0.05, 0) is 35.9 Å². The number of aromatic nitrogens is 1. The number of fused-ring (bicyclic) bond motifs is 1. The minimum atomic E-state index is -0.466. The molecule has 0 saturated heterocycles. The van der Waals surface area contributed by atoms with E-state index < -0.39 is 5.91 Å².